The summed E-state index contributed by atoms with van der Waals surface area (Å²) in [5.41, 5.74) is 0.586. The number of phenols is 1. The molecule has 0 spiro atoms. The highest BCUT2D eigenvalue weighted by Crippen LogP contribution is 2.39. The number of phenolic OH excluding ortho intramolecular Hbond substituents is 1. The third-order valence-corrected chi connectivity index (χ3v) is 6.13. The van der Waals surface area contributed by atoms with Crippen molar-refractivity contribution in [3.8, 4) is 23.0 Å². The Kier molecular flexibility index (Phi) is 6.69. The van der Waals surface area contributed by atoms with Gasteiger partial charge in [0.25, 0.3) is 0 Å². The minimum atomic E-state index is -4.07. The Labute approximate surface area is 168 Å². The summed E-state index contributed by atoms with van der Waals surface area (Å²) in [6, 6.07) is 5.68. The monoisotopic (exact) mass is 435 g/mol. The van der Waals surface area contributed by atoms with Crippen molar-refractivity contribution in [3.63, 3.8) is 0 Å². The highest BCUT2D eigenvalue weighted by Gasteiger charge is 2.27. The third-order valence-electron chi connectivity index (χ3n) is 3.81. The summed E-state index contributed by atoms with van der Waals surface area (Å²) in [5, 5.41) is 10.00. The molecule has 0 aliphatic heterocycles. The number of halogens is 2. The van der Waals surface area contributed by atoms with Crippen molar-refractivity contribution in [2.45, 2.75) is 11.4 Å². The molecule has 2 rings (SSSR count). The van der Waals surface area contributed by atoms with Crippen molar-refractivity contribution < 1.29 is 27.7 Å². The van der Waals surface area contributed by atoms with E-state index in [4.69, 9.17) is 37.4 Å². The molecular formula is C17H19Cl2NO6S. The maximum atomic E-state index is 12.9. The number of hydrogen-bond donors (Lipinski definition) is 1. The van der Waals surface area contributed by atoms with Crippen LogP contribution < -0.4 is 14.2 Å². The first-order chi connectivity index (χ1) is 12.6. The number of rotatable bonds is 7. The van der Waals surface area contributed by atoms with Crippen LogP contribution in [0.2, 0.25) is 10.0 Å². The van der Waals surface area contributed by atoms with Gasteiger partial charge in [0.05, 0.1) is 26.4 Å². The Morgan fingerprint density at radius 1 is 1.00 bits per heavy atom. The molecular weight excluding hydrogens is 417 g/mol. The first kappa shape index (κ1) is 21.4. The van der Waals surface area contributed by atoms with Gasteiger partial charge in [-0.25, -0.2) is 8.42 Å². The molecule has 0 amide bonds. The number of methoxy groups -OCH3 is 3. The number of nitrogens with zero attached hydrogens (tertiary/aromatic N) is 1. The molecule has 0 unspecified atom stereocenters. The second kappa shape index (κ2) is 8.43. The van der Waals surface area contributed by atoms with Crippen LogP contribution in [-0.2, 0) is 16.6 Å². The molecule has 0 heterocycles. The van der Waals surface area contributed by atoms with Gasteiger partial charge in [0.2, 0.25) is 15.8 Å². The van der Waals surface area contributed by atoms with Gasteiger partial charge in [-0.3, -0.25) is 0 Å². The van der Waals surface area contributed by atoms with Gasteiger partial charge in [-0.1, -0.05) is 23.2 Å². The van der Waals surface area contributed by atoms with E-state index in [1.54, 1.807) is 12.1 Å². The van der Waals surface area contributed by atoms with E-state index in [9.17, 15) is 13.5 Å². The van der Waals surface area contributed by atoms with Crippen LogP contribution in [0.25, 0.3) is 0 Å². The molecule has 27 heavy (non-hydrogen) atoms. The lowest BCUT2D eigenvalue weighted by atomic mass is 10.2. The lowest BCUT2D eigenvalue weighted by Crippen LogP contribution is -2.26. The lowest BCUT2D eigenvalue weighted by molar-refractivity contribution is 0.323. The predicted molar refractivity (Wildman–Crippen MR) is 103 cm³/mol. The summed E-state index contributed by atoms with van der Waals surface area (Å²) in [7, 11) is 1.71. The fourth-order valence-corrected chi connectivity index (χ4v) is 4.37. The molecule has 10 heteroatoms. The first-order valence-corrected chi connectivity index (χ1v) is 9.78. The van der Waals surface area contributed by atoms with E-state index in [1.807, 2.05) is 0 Å². The van der Waals surface area contributed by atoms with Crippen molar-refractivity contribution in [1.82, 2.24) is 4.31 Å². The molecule has 1 N–H and O–H groups in total. The van der Waals surface area contributed by atoms with Crippen LogP contribution in [0.3, 0.4) is 0 Å². The zero-order valence-electron chi connectivity index (χ0n) is 15.1. The van der Waals surface area contributed by atoms with E-state index in [-0.39, 0.29) is 21.5 Å². The van der Waals surface area contributed by atoms with Gasteiger partial charge in [-0.2, -0.15) is 4.31 Å². The minimum absolute atomic E-state index is 0.0252. The zero-order chi connectivity index (χ0) is 20.4. The highest BCUT2D eigenvalue weighted by atomic mass is 35.5. The average molecular weight is 436 g/mol. The van der Waals surface area contributed by atoms with Crippen LogP contribution >= 0.6 is 23.2 Å². The van der Waals surface area contributed by atoms with Gasteiger partial charge in [0, 0.05) is 18.6 Å². The van der Waals surface area contributed by atoms with E-state index in [0.717, 1.165) is 10.4 Å². The SMILES string of the molecule is COc1cc(CN(C)S(=O)(=O)c2cc(Cl)cc(Cl)c2O)cc(OC)c1OC. The topological polar surface area (TPSA) is 85.3 Å². The minimum Gasteiger partial charge on any atom is -0.505 e. The van der Waals surface area contributed by atoms with Gasteiger partial charge >= 0.3 is 0 Å². The van der Waals surface area contributed by atoms with Crippen LogP contribution in [0, 0.1) is 0 Å². The van der Waals surface area contributed by atoms with Crippen molar-refractivity contribution in [1.29, 1.82) is 0 Å². The fraction of sp³-hybridized carbons (Fsp3) is 0.294. The molecule has 0 saturated carbocycles. The summed E-state index contributed by atoms with van der Waals surface area (Å²) < 4.78 is 42.6. The van der Waals surface area contributed by atoms with Gasteiger partial charge < -0.3 is 19.3 Å². The molecule has 148 valence electrons. The van der Waals surface area contributed by atoms with E-state index in [0.29, 0.717) is 22.8 Å². The second-order valence-electron chi connectivity index (χ2n) is 5.53. The molecule has 0 bridgehead atoms. The molecule has 0 aliphatic carbocycles. The Balaban J connectivity index is 2.43. The van der Waals surface area contributed by atoms with E-state index >= 15 is 0 Å². The summed E-state index contributed by atoms with van der Waals surface area (Å²) >= 11 is 11.7. The van der Waals surface area contributed by atoms with Crippen molar-refractivity contribution >= 4 is 33.2 Å². The van der Waals surface area contributed by atoms with E-state index in [1.165, 1.54) is 34.4 Å². The molecule has 0 aromatic heterocycles. The Morgan fingerprint density at radius 2 is 1.56 bits per heavy atom. The summed E-state index contributed by atoms with van der Waals surface area (Å²) in [4.78, 5) is -0.380. The van der Waals surface area contributed by atoms with Crippen LogP contribution in [0.4, 0.5) is 0 Å². The molecule has 0 radical (unpaired) electrons. The van der Waals surface area contributed by atoms with Crippen molar-refractivity contribution in [2.24, 2.45) is 0 Å². The Bertz CT molecular complexity index is 924. The van der Waals surface area contributed by atoms with Crippen LogP contribution in [-0.4, -0.2) is 46.2 Å². The lowest BCUT2D eigenvalue weighted by Gasteiger charge is -2.20. The van der Waals surface area contributed by atoms with E-state index in [2.05, 4.69) is 0 Å². The smallest absolute Gasteiger partial charge is 0.246 e. The van der Waals surface area contributed by atoms with Crippen molar-refractivity contribution in [2.75, 3.05) is 28.4 Å². The number of hydrogen-bond acceptors (Lipinski definition) is 6. The molecule has 0 aliphatic rings. The molecule has 2 aromatic carbocycles. The number of benzene rings is 2. The van der Waals surface area contributed by atoms with Crippen LogP contribution in [0.1, 0.15) is 5.56 Å². The quantitative estimate of drug-likeness (QED) is 0.715. The molecule has 2 aromatic rings. The molecule has 7 nitrogen and oxygen atoms in total. The van der Waals surface area contributed by atoms with Gasteiger partial charge in [-0.05, 0) is 29.8 Å². The largest absolute Gasteiger partial charge is 0.505 e. The zero-order valence-corrected chi connectivity index (χ0v) is 17.4. The molecule has 0 atom stereocenters. The maximum Gasteiger partial charge on any atom is 0.246 e. The van der Waals surface area contributed by atoms with E-state index < -0.39 is 15.8 Å². The Hall–Kier alpha value is -1.87. The number of sulfonamides is 1. The summed E-state index contributed by atoms with van der Waals surface area (Å²) in [6.07, 6.45) is 0. The highest BCUT2D eigenvalue weighted by molar-refractivity contribution is 7.89. The van der Waals surface area contributed by atoms with Crippen molar-refractivity contribution in [3.05, 3.63) is 39.9 Å². The van der Waals surface area contributed by atoms with Crippen LogP contribution in [0.15, 0.2) is 29.2 Å². The second-order valence-corrected chi connectivity index (χ2v) is 8.39. The van der Waals surface area contributed by atoms with Gasteiger partial charge in [0.15, 0.2) is 17.2 Å². The average Bonchev–Trinajstić information content (AvgIpc) is 2.63. The number of aromatic hydroxyl groups is 1. The maximum absolute atomic E-state index is 12.9. The molecule has 0 fully saturated rings. The van der Waals surface area contributed by atoms with Gasteiger partial charge in [-0.15, -0.1) is 0 Å². The fourth-order valence-electron chi connectivity index (χ4n) is 2.48. The molecule has 0 saturated heterocycles. The van der Waals surface area contributed by atoms with Crippen LogP contribution in [0.5, 0.6) is 23.0 Å². The summed E-state index contributed by atoms with van der Waals surface area (Å²) in [6.45, 7) is -0.0252. The third kappa shape index (κ3) is 4.35. The van der Waals surface area contributed by atoms with Gasteiger partial charge in [0.1, 0.15) is 4.90 Å². The predicted octanol–water partition coefficient (Wildman–Crippen LogP) is 3.55. The number of ether oxygens (including phenoxy) is 3. The standard InChI is InChI=1S/C17H19Cl2NO6S/c1-20(27(22,23)15-8-11(18)7-12(19)16(15)21)9-10-5-13(24-2)17(26-4)14(6-10)25-3/h5-8,21H,9H2,1-4H3. The summed E-state index contributed by atoms with van der Waals surface area (Å²) in [5.74, 6) is 0.629. The Morgan fingerprint density at radius 3 is 2.04 bits per heavy atom. The first-order valence-electron chi connectivity index (χ1n) is 7.59. The normalized spacial score (nSPS) is 11.5.